The van der Waals surface area contributed by atoms with E-state index in [1.165, 1.54) is 24.3 Å². The van der Waals surface area contributed by atoms with Crippen LogP contribution in [0, 0.1) is 0 Å². The van der Waals surface area contributed by atoms with Crippen molar-refractivity contribution >= 4 is 29.4 Å². The number of carboxylic acids is 1. The number of hydroxylamine groups is 1. The van der Waals surface area contributed by atoms with Crippen LogP contribution in [-0.4, -0.2) is 37.9 Å². The van der Waals surface area contributed by atoms with Gasteiger partial charge in [-0.15, -0.1) is 0 Å². The Morgan fingerprint density at radius 2 is 2.28 bits per heavy atom. The van der Waals surface area contributed by atoms with Crippen molar-refractivity contribution in [1.82, 2.24) is 20.3 Å². The molecule has 3 heterocycles. The van der Waals surface area contributed by atoms with Crippen LogP contribution in [0.1, 0.15) is 22.8 Å². The highest BCUT2D eigenvalue weighted by Gasteiger charge is 2.34. The summed E-state index contributed by atoms with van der Waals surface area (Å²) < 4.78 is 0. The van der Waals surface area contributed by atoms with Gasteiger partial charge in [0.1, 0.15) is 12.3 Å². The smallest absolute Gasteiger partial charge is 0.326 e. The molecule has 1 aromatic heterocycles. The number of allylic oxidation sites excluding steroid dienone is 1. The number of fused-ring (bicyclic) bond motifs is 1. The minimum atomic E-state index is -1.05. The second kappa shape index (κ2) is 7.44. The Hall–Kier alpha value is -3.59. The van der Waals surface area contributed by atoms with Crippen LogP contribution >= 0.6 is 11.6 Å². The third-order valence-electron chi connectivity index (χ3n) is 4.64. The number of carboxylic acid groups (broad SMARTS) is 1. The van der Waals surface area contributed by atoms with Crippen molar-refractivity contribution in [1.29, 1.82) is 0 Å². The van der Waals surface area contributed by atoms with E-state index in [0.717, 1.165) is 5.56 Å². The van der Waals surface area contributed by atoms with E-state index in [1.807, 2.05) is 0 Å². The van der Waals surface area contributed by atoms with Gasteiger partial charge in [0.25, 0.3) is 5.91 Å². The Morgan fingerprint density at radius 1 is 1.45 bits per heavy atom. The largest absolute Gasteiger partial charge is 0.480 e. The van der Waals surface area contributed by atoms with Crippen LogP contribution < -0.4 is 10.8 Å². The molecule has 0 saturated heterocycles. The van der Waals surface area contributed by atoms with Crippen molar-refractivity contribution in [3.8, 4) is 11.3 Å². The molecule has 0 saturated carbocycles. The van der Waals surface area contributed by atoms with Crippen LogP contribution in [0.2, 0.25) is 5.02 Å². The number of carbonyl (C=O) groups excluding carboxylic acids is 1. The average Bonchev–Trinajstić information content (AvgIpc) is 3.05. The maximum Gasteiger partial charge on any atom is 0.326 e. The summed E-state index contributed by atoms with van der Waals surface area (Å²) in [4.78, 5) is 38.7. The SMILES string of the molecule is C[C@H](C(=O)O)N1Cc2ccc(-c3nc(NC4=CNOC=C4)ncc3Cl)cc2C1=O. The zero-order valence-electron chi connectivity index (χ0n) is 15.2. The first-order chi connectivity index (χ1) is 13.9. The second-order valence-corrected chi connectivity index (χ2v) is 6.88. The first kappa shape index (κ1) is 18.8. The number of carbonyl (C=O) groups is 2. The Labute approximate surface area is 170 Å². The topological polar surface area (TPSA) is 117 Å². The molecule has 1 atom stereocenters. The van der Waals surface area contributed by atoms with Crippen LogP contribution in [0.5, 0.6) is 0 Å². The number of aliphatic carboxylic acids is 1. The van der Waals surface area contributed by atoms with Gasteiger partial charge in [0, 0.05) is 23.7 Å². The van der Waals surface area contributed by atoms with Crippen LogP contribution in [0.3, 0.4) is 0 Å². The lowest BCUT2D eigenvalue weighted by Gasteiger charge is -2.19. The van der Waals surface area contributed by atoms with Crippen molar-refractivity contribution in [3.05, 3.63) is 64.8 Å². The molecule has 0 aliphatic carbocycles. The zero-order chi connectivity index (χ0) is 20.5. The van der Waals surface area contributed by atoms with E-state index in [4.69, 9.17) is 16.4 Å². The number of rotatable bonds is 5. The summed E-state index contributed by atoms with van der Waals surface area (Å²) in [6.45, 7) is 1.74. The summed E-state index contributed by atoms with van der Waals surface area (Å²) in [5.74, 6) is -1.06. The number of halogens is 1. The van der Waals surface area contributed by atoms with E-state index >= 15 is 0 Å². The quantitative estimate of drug-likeness (QED) is 0.684. The Balaban J connectivity index is 1.64. The summed E-state index contributed by atoms with van der Waals surface area (Å²) in [5.41, 5.74) is 5.57. The second-order valence-electron chi connectivity index (χ2n) is 6.47. The van der Waals surface area contributed by atoms with Crippen molar-refractivity contribution in [2.45, 2.75) is 19.5 Å². The van der Waals surface area contributed by atoms with E-state index < -0.39 is 12.0 Å². The third-order valence-corrected chi connectivity index (χ3v) is 4.92. The molecule has 0 bridgehead atoms. The van der Waals surface area contributed by atoms with Gasteiger partial charge in [-0.2, -0.15) is 0 Å². The maximum atomic E-state index is 12.7. The minimum Gasteiger partial charge on any atom is -0.480 e. The predicted octanol–water partition coefficient (Wildman–Crippen LogP) is 2.53. The van der Waals surface area contributed by atoms with Gasteiger partial charge in [0.05, 0.1) is 28.8 Å². The summed E-state index contributed by atoms with van der Waals surface area (Å²) in [6.07, 6.45) is 6.23. The molecule has 2 aliphatic heterocycles. The number of nitrogens with zero attached hydrogens (tertiary/aromatic N) is 3. The van der Waals surface area contributed by atoms with Gasteiger partial charge < -0.3 is 20.2 Å². The lowest BCUT2D eigenvalue weighted by atomic mass is 10.0. The van der Waals surface area contributed by atoms with Gasteiger partial charge in [-0.3, -0.25) is 4.79 Å². The molecule has 29 heavy (non-hydrogen) atoms. The molecule has 10 heteroatoms. The molecule has 9 nitrogen and oxygen atoms in total. The van der Waals surface area contributed by atoms with Crippen LogP contribution in [0.25, 0.3) is 11.3 Å². The lowest BCUT2D eigenvalue weighted by molar-refractivity contribution is -0.141. The highest BCUT2D eigenvalue weighted by atomic mass is 35.5. The van der Waals surface area contributed by atoms with E-state index in [0.29, 0.717) is 33.5 Å². The Bertz CT molecular complexity index is 1070. The maximum absolute atomic E-state index is 12.7. The van der Waals surface area contributed by atoms with Gasteiger partial charge in [0.15, 0.2) is 0 Å². The van der Waals surface area contributed by atoms with Crippen molar-refractivity contribution < 1.29 is 19.5 Å². The summed E-state index contributed by atoms with van der Waals surface area (Å²) in [6, 6.07) is 4.36. The highest BCUT2D eigenvalue weighted by molar-refractivity contribution is 6.33. The molecule has 3 N–H and O–H groups in total. The molecule has 4 rings (SSSR count). The first-order valence-corrected chi connectivity index (χ1v) is 9.06. The van der Waals surface area contributed by atoms with Crippen molar-refractivity contribution in [2.75, 3.05) is 5.32 Å². The number of amides is 1. The van der Waals surface area contributed by atoms with Crippen molar-refractivity contribution in [3.63, 3.8) is 0 Å². The normalized spacial score (nSPS) is 15.9. The Kier molecular flexibility index (Phi) is 4.81. The molecule has 0 unspecified atom stereocenters. The molecule has 1 amide bonds. The fourth-order valence-corrected chi connectivity index (χ4v) is 3.25. The van der Waals surface area contributed by atoms with Gasteiger partial charge in [0.2, 0.25) is 5.95 Å². The first-order valence-electron chi connectivity index (χ1n) is 8.68. The van der Waals surface area contributed by atoms with Crippen LogP contribution in [0.4, 0.5) is 5.95 Å². The van der Waals surface area contributed by atoms with E-state index in [-0.39, 0.29) is 12.5 Å². The van der Waals surface area contributed by atoms with E-state index in [2.05, 4.69) is 20.8 Å². The van der Waals surface area contributed by atoms with E-state index in [9.17, 15) is 14.7 Å². The third kappa shape index (κ3) is 3.59. The van der Waals surface area contributed by atoms with Gasteiger partial charge in [-0.25, -0.2) is 20.2 Å². The van der Waals surface area contributed by atoms with Crippen LogP contribution in [0.15, 0.2) is 48.6 Å². The average molecular weight is 414 g/mol. The predicted molar refractivity (Wildman–Crippen MR) is 105 cm³/mol. The fraction of sp³-hybridized carbons (Fsp3) is 0.158. The minimum absolute atomic E-state index is 0.252. The lowest BCUT2D eigenvalue weighted by Crippen LogP contribution is -2.38. The summed E-state index contributed by atoms with van der Waals surface area (Å²) in [5, 5.41) is 12.6. The van der Waals surface area contributed by atoms with Crippen molar-refractivity contribution in [2.24, 2.45) is 0 Å². The molecule has 148 valence electrons. The Morgan fingerprint density at radius 3 is 3.00 bits per heavy atom. The van der Waals surface area contributed by atoms with E-state index in [1.54, 1.807) is 30.5 Å². The highest BCUT2D eigenvalue weighted by Crippen LogP contribution is 2.32. The molecular formula is C19H16ClN5O4. The van der Waals surface area contributed by atoms with Gasteiger partial charge in [-0.1, -0.05) is 23.7 Å². The monoisotopic (exact) mass is 413 g/mol. The molecule has 2 aliphatic rings. The van der Waals surface area contributed by atoms with Crippen LogP contribution in [-0.2, 0) is 16.2 Å². The number of nitrogens with one attached hydrogen (secondary N) is 2. The standard InChI is InChI=1S/C19H16ClN5O4/c1-10(18(27)28)25-9-12-3-2-11(6-14(12)17(25)26)16-15(20)8-21-19(24-16)23-13-4-5-29-22-7-13/h2-8,10,22H,9H2,1H3,(H,27,28)(H,21,23,24)/t10-/m1/s1. The summed E-state index contributed by atoms with van der Waals surface area (Å²) in [7, 11) is 0. The summed E-state index contributed by atoms with van der Waals surface area (Å²) >= 11 is 6.29. The number of aromatic nitrogens is 2. The molecule has 0 fully saturated rings. The number of anilines is 1. The molecule has 1 aromatic carbocycles. The molecule has 0 radical (unpaired) electrons. The fourth-order valence-electron chi connectivity index (χ4n) is 3.05. The molecule has 0 spiro atoms. The molecular weight excluding hydrogens is 398 g/mol. The molecule has 2 aromatic rings. The number of hydrogen-bond donors (Lipinski definition) is 3. The zero-order valence-corrected chi connectivity index (χ0v) is 16.0. The van der Waals surface area contributed by atoms with Gasteiger partial charge >= 0.3 is 5.97 Å². The number of hydrogen-bond acceptors (Lipinski definition) is 7. The number of benzene rings is 1. The van der Waals surface area contributed by atoms with Gasteiger partial charge in [-0.05, 0) is 18.6 Å².